The van der Waals surface area contributed by atoms with Crippen molar-refractivity contribution < 1.29 is 15.3 Å². The Kier molecular flexibility index (Phi) is 14.0. The van der Waals surface area contributed by atoms with Crippen LogP contribution in [0.25, 0.3) is 0 Å². The maximum absolute atomic E-state index is 10.8. The minimum Gasteiger partial charge on any atom is -0.507 e. The molecule has 1 atom stereocenters. The largest absolute Gasteiger partial charge is 0.507 e. The monoisotopic (exact) mass is 448 g/mol. The second kappa shape index (κ2) is 15.6. The van der Waals surface area contributed by atoms with Gasteiger partial charge < -0.3 is 15.3 Å². The number of benzene rings is 1. The van der Waals surface area contributed by atoms with Crippen molar-refractivity contribution in [2.24, 2.45) is 0 Å². The first-order chi connectivity index (χ1) is 15.2. The van der Waals surface area contributed by atoms with Crippen molar-refractivity contribution in [2.45, 2.75) is 149 Å². The molecule has 0 bridgehead atoms. The summed E-state index contributed by atoms with van der Waals surface area (Å²) in [6.45, 7) is 9.69. The van der Waals surface area contributed by atoms with Gasteiger partial charge in [0.25, 0.3) is 0 Å². The van der Waals surface area contributed by atoms with Gasteiger partial charge in [-0.2, -0.15) is 0 Å². The third kappa shape index (κ3) is 10.6. The van der Waals surface area contributed by atoms with E-state index in [1.807, 2.05) is 27.7 Å². The molecule has 3 heteroatoms. The molecule has 1 unspecified atom stereocenters. The van der Waals surface area contributed by atoms with Crippen LogP contribution in [0.5, 0.6) is 11.5 Å². The molecule has 0 aliphatic rings. The summed E-state index contributed by atoms with van der Waals surface area (Å²) in [7, 11) is 0. The third-order valence-corrected chi connectivity index (χ3v) is 7.35. The number of phenolic OH excluding ortho intramolecular Hbond substituents is 2. The summed E-state index contributed by atoms with van der Waals surface area (Å²) in [6, 6.07) is 0. The number of aliphatic hydroxyl groups is 1. The van der Waals surface area contributed by atoms with Gasteiger partial charge in [-0.25, -0.2) is 0 Å². The van der Waals surface area contributed by atoms with E-state index in [1.165, 1.54) is 83.5 Å². The van der Waals surface area contributed by atoms with Gasteiger partial charge in [-0.05, 0) is 63.6 Å². The summed E-state index contributed by atoms with van der Waals surface area (Å²) in [5.41, 5.74) is 2.24. The van der Waals surface area contributed by atoms with Crippen molar-refractivity contribution in [3.05, 3.63) is 22.3 Å². The van der Waals surface area contributed by atoms with Crippen LogP contribution in [-0.4, -0.2) is 20.9 Å². The number of unbranched alkanes of at least 4 members (excludes halogenated alkanes) is 13. The first kappa shape index (κ1) is 28.8. The van der Waals surface area contributed by atoms with Crippen LogP contribution in [0.1, 0.15) is 139 Å². The van der Waals surface area contributed by atoms with Crippen LogP contribution in [0, 0.1) is 20.8 Å². The SMILES string of the molecule is CCCCCCCCCCCCCCCCC(C)(O)CCc1c(C)c(O)c(C)c(C)c1O. The Morgan fingerprint density at radius 1 is 0.562 bits per heavy atom. The zero-order valence-electron chi connectivity index (χ0n) is 21.9. The quantitative estimate of drug-likeness (QED) is 0.156. The van der Waals surface area contributed by atoms with Gasteiger partial charge in [-0.15, -0.1) is 0 Å². The van der Waals surface area contributed by atoms with Gasteiger partial charge in [0.2, 0.25) is 0 Å². The van der Waals surface area contributed by atoms with Crippen molar-refractivity contribution in [1.82, 2.24) is 0 Å². The summed E-state index contributed by atoms with van der Waals surface area (Å²) < 4.78 is 0. The van der Waals surface area contributed by atoms with Crippen molar-refractivity contribution in [3.8, 4) is 11.5 Å². The van der Waals surface area contributed by atoms with E-state index in [1.54, 1.807) is 0 Å². The minimum absolute atomic E-state index is 0.266. The van der Waals surface area contributed by atoms with E-state index in [4.69, 9.17) is 0 Å². The van der Waals surface area contributed by atoms with Gasteiger partial charge in [0.15, 0.2) is 0 Å². The molecule has 1 aromatic carbocycles. The Hall–Kier alpha value is -1.22. The second-order valence-corrected chi connectivity index (χ2v) is 10.4. The molecule has 0 heterocycles. The van der Waals surface area contributed by atoms with Crippen LogP contribution in [-0.2, 0) is 6.42 Å². The predicted octanol–water partition coefficient (Wildman–Crippen LogP) is 8.58. The smallest absolute Gasteiger partial charge is 0.122 e. The first-order valence-corrected chi connectivity index (χ1v) is 13.4. The van der Waals surface area contributed by atoms with E-state index in [0.717, 1.165) is 35.1 Å². The Labute approximate surface area is 198 Å². The molecule has 0 amide bonds. The summed E-state index contributed by atoms with van der Waals surface area (Å²) in [5.74, 6) is 0.534. The molecule has 0 spiro atoms. The second-order valence-electron chi connectivity index (χ2n) is 10.4. The van der Waals surface area contributed by atoms with E-state index in [-0.39, 0.29) is 11.5 Å². The third-order valence-electron chi connectivity index (χ3n) is 7.35. The molecule has 0 saturated heterocycles. The van der Waals surface area contributed by atoms with E-state index in [0.29, 0.717) is 12.8 Å². The van der Waals surface area contributed by atoms with Crippen LogP contribution < -0.4 is 0 Å². The highest BCUT2D eigenvalue weighted by Crippen LogP contribution is 2.37. The molecular weight excluding hydrogens is 396 g/mol. The Bertz CT molecular complexity index is 619. The number of rotatable bonds is 18. The van der Waals surface area contributed by atoms with Gasteiger partial charge in [-0.1, -0.05) is 96.8 Å². The van der Waals surface area contributed by atoms with Crippen molar-refractivity contribution >= 4 is 0 Å². The Balaban J connectivity index is 2.14. The van der Waals surface area contributed by atoms with E-state index in [9.17, 15) is 15.3 Å². The summed E-state index contributed by atoms with van der Waals surface area (Å²) in [4.78, 5) is 0. The average Bonchev–Trinajstić information content (AvgIpc) is 2.76. The maximum Gasteiger partial charge on any atom is 0.122 e. The summed E-state index contributed by atoms with van der Waals surface area (Å²) in [5, 5.41) is 31.6. The molecule has 1 rings (SSSR count). The molecule has 0 aromatic heterocycles. The molecule has 3 nitrogen and oxygen atoms in total. The minimum atomic E-state index is -0.732. The van der Waals surface area contributed by atoms with Gasteiger partial charge in [0, 0.05) is 5.56 Å². The van der Waals surface area contributed by atoms with Gasteiger partial charge in [-0.3, -0.25) is 0 Å². The first-order valence-electron chi connectivity index (χ1n) is 13.4. The number of phenols is 2. The topological polar surface area (TPSA) is 60.7 Å². The zero-order valence-corrected chi connectivity index (χ0v) is 21.9. The molecular formula is C29H52O3. The van der Waals surface area contributed by atoms with Crippen LogP contribution in [0.4, 0.5) is 0 Å². The molecule has 0 fully saturated rings. The fraction of sp³-hybridized carbons (Fsp3) is 0.793. The van der Waals surface area contributed by atoms with Crippen molar-refractivity contribution in [2.75, 3.05) is 0 Å². The molecule has 0 radical (unpaired) electrons. The Morgan fingerprint density at radius 2 is 0.969 bits per heavy atom. The normalized spacial score (nSPS) is 13.4. The molecule has 0 aliphatic carbocycles. The fourth-order valence-corrected chi connectivity index (χ4v) is 4.71. The number of aromatic hydroxyl groups is 2. The van der Waals surface area contributed by atoms with Crippen LogP contribution in [0.15, 0.2) is 0 Å². The lowest BCUT2D eigenvalue weighted by Gasteiger charge is -2.24. The molecule has 1 aromatic rings. The lowest BCUT2D eigenvalue weighted by Crippen LogP contribution is -2.25. The molecule has 0 saturated carbocycles. The van der Waals surface area contributed by atoms with Crippen molar-refractivity contribution in [3.63, 3.8) is 0 Å². The van der Waals surface area contributed by atoms with E-state index in [2.05, 4.69) is 6.92 Å². The lowest BCUT2D eigenvalue weighted by molar-refractivity contribution is 0.0394. The predicted molar refractivity (Wildman–Crippen MR) is 138 cm³/mol. The molecule has 3 N–H and O–H groups in total. The van der Waals surface area contributed by atoms with Crippen LogP contribution in [0.3, 0.4) is 0 Å². The highest BCUT2D eigenvalue weighted by atomic mass is 16.3. The lowest BCUT2D eigenvalue weighted by atomic mass is 9.88. The fourth-order valence-electron chi connectivity index (χ4n) is 4.71. The van der Waals surface area contributed by atoms with Gasteiger partial charge >= 0.3 is 0 Å². The standard InChI is InChI=1S/C29H52O3/c1-6-7-8-9-10-11-12-13-14-15-16-17-18-19-21-29(5,32)22-20-26-25(4)27(30)23(2)24(3)28(26)31/h30-32H,6-22H2,1-5H3. The van der Waals surface area contributed by atoms with Gasteiger partial charge in [0.1, 0.15) is 11.5 Å². The summed E-state index contributed by atoms with van der Waals surface area (Å²) in [6.07, 6.45) is 20.7. The molecule has 32 heavy (non-hydrogen) atoms. The van der Waals surface area contributed by atoms with Gasteiger partial charge in [0.05, 0.1) is 5.60 Å². The number of hydrogen-bond acceptors (Lipinski definition) is 3. The highest BCUT2D eigenvalue weighted by molar-refractivity contribution is 5.56. The van der Waals surface area contributed by atoms with Crippen LogP contribution in [0.2, 0.25) is 0 Å². The highest BCUT2D eigenvalue weighted by Gasteiger charge is 2.23. The summed E-state index contributed by atoms with van der Waals surface area (Å²) >= 11 is 0. The van der Waals surface area contributed by atoms with E-state index >= 15 is 0 Å². The molecule has 186 valence electrons. The van der Waals surface area contributed by atoms with Crippen LogP contribution >= 0.6 is 0 Å². The average molecular weight is 449 g/mol. The van der Waals surface area contributed by atoms with E-state index < -0.39 is 5.60 Å². The number of hydrogen-bond donors (Lipinski definition) is 3. The Morgan fingerprint density at radius 3 is 1.44 bits per heavy atom. The maximum atomic E-state index is 10.8. The zero-order chi connectivity index (χ0) is 24.0. The van der Waals surface area contributed by atoms with Crippen molar-refractivity contribution in [1.29, 1.82) is 0 Å². The molecule has 0 aliphatic heterocycles.